The van der Waals surface area contributed by atoms with Crippen LogP contribution in [0, 0.1) is 6.92 Å². The van der Waals surface area contributed by atoms with Crippen LogP contribution in [-0.4, -0.2) is 52.4 Å². The third-order valence-corrected chi connectivity index (χ3v) is 5.69. The lowest BCUT2D eigenvalue weighted by molar-refractivity contribution is -0.138. The van der Waals surface area contributed by atoms with E-state index in [2.05, 4.69) is 0 Å². The quantitative estimate of drug-likeness (QED) is 0.633. The van der Waals surface area contributed by atoms with Gasteiger partial charge >= 0.3 is 6.18 Å². The van der Waals surface area contributed by atoms with Crippen LogP contribution in [0.15, 0.2) is 54.6 Å². The zero-order valence-corrected chi connectivity index (χ0v) is 17.0. The molecule has 0 bridgehead atoms. The third kappa shape index (κ3) is 4.15. The smallest absolute Gasteiger partial charge is 0.338 e. The molecule has 1 aliphatic heterocycles. The second-order valence-corrected chi connectivity index (χ2v) is 7.65. The van der Waals surface area contributed by atoms with Crippen LogP contribution in [0.1, 0.15) is 21.6 Å². The molecule has 1 aromatic heterocycles. The van der Waals surface area contributed by atoms with E-state index in [1.807, 2.05) is 41.8 Å². The number of carbonyl (C=O) groups is 2. The van der Waals surface area contributed by atoms with E-state index in [9.17, 15) is 22.8 Å². The Bertz CT molecular complexity index is 1130. The molecule has 1 aliphatic rings. The SMILES string of the molecule is Cc1cc2ccccc2n1CC(=O)N1CCN(C(=O)c2ccccc2C(F)(F)F)CC1. The van der Waals surface area contributed by atoms with Gasteiger partial charge in [-0.1, -0.05) is 30.3 Å². The predicted molar refractivity (Wildman–Crippen MR) is 111 cm³/mol. The molecule has 0 saturated carbocycles. The lowest BCUT2D eigenvalue weighted by Crippen LogP contribution is -2.51. The number of halogens is 3. The molecule has 3 aromatic rings. The van der Waals surface area contributed by atoms with Crippen LogP contribution >= 0.6 is 0 Å². The van der Waals surface area contributed by atoms with Gasteiger partial charge in [0.05, 0.1) is 11.1 Å². The normalized spacial score (nSPS) is 14.8. The maximum Gasteiger partial charge on any atom is 0.417 e. The Balaban J connectivity index is 1.43. The van der Waals surface area contributed by atoms with Crippen molar-refractivity contribution in [1.82, 2.24) is 14.4 Å². The first-order valence-corrected chi connectivity index (χ1v) is 10.0. The van der Waals surface area contributed by atoms with Crippen molar-refractivity contribution in [2.75, 3.05) is 26.2 Å². The number of amides is 2. The van der Waals surface area contributed by atoms with Crippen LogP contribution < -0.4 is 0 Å². The number of alkyl halides is 3. The highest BCUT2D eigenvalue weighted by Gasteiger charge is 2.36. The summed E-state index contributed by atoms with van der Waals surface area (Å²) in [6, 6.07) is 14.6. The largest absolute Gasteiger partial charge is 0.417 e. The zero-order valence-electron chi connectivity index (χ0n) is 17.0. The van der Waals surface area contributed by atoms with Crippen molar-refractivity contribution < 1.29 is 22.8 Å². The topological polar surface area (TPSA) is 45.6 Å². The number of carbonyl (C=O) groups excluding carboxylic acids is 2. The summed E-state index contributed by atoms with van der Waals surface area (Å²) in [7, 11) is 0. The van der Waals surface area contributed by atoms with Crippen LogP contribution in [-0.2, 0) is 17.5 Å². The average molecular weight is 429 g/mol. The van der Waals surface area contributed by atoms with Crippen molar-refractivity contribution in [3.05, 3.63) is 71.4 Å². The summed E-state index contributed by atoms with van der Waals surface area (Å²) in [5.41, 5.74) is 0.663. The Morgan fingerprint density at radius 3 is 2.23 bits per heavy atom. The minimum absolute atomic E-state index is 0.0766. The van der Waals surface area contributed by atoms with E-state index in [1.165, 1.54) is 23.1 Å². The Morgan fingerprint density at radius 2 is 1.52 bits per heavy atom. The van der Waals surface area contributed by atoms with Gasteiger partial charge in [0.2, 0.25) is 5.91 Å². The van der Waals surface area contributed by atoms with Gasteiger partial charge in [0.1, 0.15) is 6.54 Å². The molecule has 0 radical (unpaired) electrons. The molecule has 8 heteroatoms. The van der Waals surface area contributed by atoms with Gasteiger partial charge in [-0.15, -0.1) is 0 Å². The van der Waals surface area contributed by atoms with Crippen LogP contribution in [0.3, 0.4) is 0 Å². The number of rotatable bonds is 3. The van der Waals surface area contributed by atoms with Crippen molar-refractivity contribution >= 4 is 22.7 Å². The fourth-order valence-electron chi connectivity index (χ4n) is 4.04. The first-order chi connectivity index (χ1) is 14.8. The molecule has 0 aliphatic carbocycles. The van der Waals surface area contributed by atoms with Crippen LogP contribution in [0.5, 0.6) is 0 Å². The van der Waals surface area contributed by atoms with Crippen LogP contribution in [0.2, 0.25) is 0 Å². The monoisotopic (exact) mass is 429 g/mol. The fraction of sp³-hybridized carbons (Fsp3) is 0.304. The lowest BCUT2D eigenvalue weighted by Gasteiger charge is -2.35. The summed E-state index contributed by atoms with van der Waals surface area (Å²) < 4.78 is 41.7. The minimum atomic E-state index is -4.60. The highest BCUT2D eigenvalue weighted by molar-refractivity contribution is 5.96. The molecule has 0 unspecified atom stereocenters. The number of benzene rings is 2. The van der Waals surface area contributed by atoms with Crippen molar-refractivity contribution in [1.29, 1.82) is 0 Å². The molecule has 4 rings (SSSR count). The van der Waals surface area contributed by atoms with E-state index in [4.69, 9.17) is 0 Å². The standard InChI is InChI=1S/C23H22F3N3O2/c1-16-14-17-6-2-5-9-20(17)29(16)15-21(30)27-10-12-28(13-11-27)22(31)18-7-3-4-8-19(18)23(24,25)26/h2-9,14H,10-13,15H2,1H3. The summed E-state index contributed by atoms with van der Waals surface area (Å²) in [5.74, 6) is -0.737. The van der Waals surface area contributed by atoms with Crippen molar-refractivity contribution in [3.63, 3.8) is 0 Å². The molecule has 5 nitrogen and oxygen atoms in total. The van der Waals surface area contributed by atoms with E-state index in [0.29, 0.717) is 0 Å². The molecule has 2 heterocycles. The van der Waals surface area contributed by atoms with Gasteiger partial charge in [-0.25, -0.2) is 0 Å². The second-order valence-electron chi connectivity index (χ2n) is 7.65. The maximum absolute atomic E-state index is 13.2. The number of fused-ring (bicyclic) bond motifs is 1. The van der Waals surface area contributed by atoms with Crippen LogP contribution in [0.4, 0.5) is 13.2 Å². The Kier molecular flexibility index (Phi) is 5.47. The Hall–Kier alpha value is -3.29. The number of nitrogens with zero attached hydrogens (tertiary/aromatic N) is 3. The Labute approximate surface area is 177 Å². The van der Waals surface area contributed by atoms with Crippen molar-refractivity contribution in [2.24, 2.45) is 0 Å². The van der Waals surface area contributed by atoms with Gasteiger partial charge in [-0.05, 0) is 36.6 Å². The van der Waals surface area contributed by atoms with Crippen LogP contribution in [0.25, 0.3) is 10.9 Å². The predicted octanol–water partition coefficient (Wildman–Crippen LogP) is 3.95. The summed E-state index contributed by atoms with van der Waals surface area (Å²) in [4.78, 5) is 28.6. The van der Waals surface area contributed by atoms with E-state index < -0.39 is 17.6 Å². The first kappa shape index (κ1) is 21.0. The third-order valence-electron chi connectivity index (χ3n) is 5.69. The molecular weight excluding hydrogens is 407 g/mol. The Morgan fingerprint density at radius 1 is 0.903 bits per heavy atom. The number of hydrogen-bond acceptors (Lipinski definition) is 2. The summed E-state index contributed by atoms with van der Waals surface area (Å²) in [6.45, 7) is 3.10. The minimum Gasteiger partial charge on any atom is -0.338 e. The number of aryl methyl sites for hydroxylation is 1. The lowest BCUT2D eigenvalue weighted by atomic mass is 10.1. The summed E-state index contributed by atoms with van der Waals surface area (Å²) in [5, 5.41) is 1.06. The number of piperazine rings is 1. The van der Waals surface area contributed by atoms with E-state index in [1.54, 1.807) is 4.90 Å². The molecule has 0 spiro atoms. The van der Waals surface area contributed by atoms with E-state index in [0.717, 1.165) is 22.7 Å². The summed E-state index contributed by atoms with van der Waals surface area (Å²) >= 11 is 0. The van der Waals surface area contributed by atoms with Gasteiger partial charge in [0, 0.05) is 37.4 Å². The average Bonchev–Trinajstić information content (AvgIpc) is 3.08. The molecular formula is C23H22F3N3O2. The van der Waals surface area contributed by atoms with E-state index in [-0.39, 0.29) is 44.2 Å². The maximum atomic E-state index is 13.2. The zero-order chi connectivity index (χ0) is 22.2. The van der Waals surface area contributed by atoms with Gasteiger partial charge in [-0.3, -0.25) is 9.59 Å². The molecule has 0 N–H and O–H groups in total. The van der Waals surface area contributed by atoms with Gasteiger partial charge in [-0.2, -0.15) is 13.2 Å². The highest BCUT2D eigenvalue weighted by atomic mass is 19.4. The molecule has 2 amide bonds. The summed E-state index contributed by atoms with van der Waals surface area (Å²) in [6.07, 6.45) is -4.60. The molecule has 1 saturated heterocycles. The molecule has 2 aromatic carbocycles. The van der Waals surface area contributed by atoms with Crippen molar-refractivity contribution in [3.8, 4) is 0 Å². The number of para-hydroxylation sites is 1. The van der Waals surface area contributed by atoms with Gasteiger partial charge < -0.3 is 14.4 Å². The van der Waals surface area contributed by atoms with E-state index >= 15 is 0 Å². The number of hydrogen-bond donors (Lipinski definition) is 0. The fourth-order valence-corrected chi connectivity index (χ4v) is 4.04. The first-order valence-electron chi connectivity index (χ1n) is 10.0. The molecule has 162 valence electrons. The second kappa shape index (κ2) is 8.09. The van der Waals surface area contributed by atoms with Gasteiger partial charge in [0.25, 0.3) is 5.91 Å². The highest BCUT2D eigenvalue weighted by Crippen LogP contribution is 2.32. The molecule has 31 heavy (non-hydrogen) atoms. The number of aromatic nitrogens is 1. The van der Waals surface area contributed by atoms with Gasteiger partial charge in [0.15, 0.2) is 0 Å². The molecule has 0 atom stereocenters. The molecule has 1 fully saturated rings. The van der Waals surface area contributed by atoms with Crippen molar-refractivity contribution in [2.45, 2.75) is 19.6 Å².